The Hall–Kier alpha value is -0.820. The van der Waals surface area contributed by atoms with E-state index >= 15 is 0 Å². The Morgan fingerprint density at radius 2 is 1.67 bits per heavy atom. The van der Waals surface area contributed by atoms with Crippen molar-refractivity contribution in [3.05, 3.63) is 35.4 Å². The molecule has 1 heteroatoms. The van der Waals surface area contributed by atoms with Gasteiger partial charge in [0.1, 0.15) is 0 Å². The zero-order valence-corrected chi connectivity index (χ0v) is 14.6. The van der Waals surface area contributed by atoms with Crippen LogP contribution in [0.5, 0.6) is 0 Å². The van der Waals surface area contributed by atoms with E-state index in [0.717, 1.165) is 12.6 Å². The smallest absolute Gasteiger partial charge is 0.00684 e. The molecule has 1 N–H and O–H groups in total. The van der Waals surface area contributed by atoms with Gasteiger partial charge >= 0.3 is 0 Å². The Morgan fingerprint density at radius 3 is 2.14 bits per heavy atom. The molecule has 0 amide bonds. The van der Waals surface area contributed by atoms with Gasteiger partial charge in [0.25, 0.3) is 0 Å². The van der Waals surface area contributed by atoms with E-state index in [1.54, 1.807) is 0 Å². The molecule has 1 nitrogen and oxygen atoms in total. The Kier molecular flexibility index (Phi) is 5.14. The summed E-state index contributed by atoms with van der Waals surface area (Å²) >= 11 is 0. The molecule has 1 aliphatic rings. The SMILES string of the molecule is CCCC(C)(CNC1CC1)Cc1ccc(C(C)(C)C)cc1. The summed E-state index contributed by atoms with van der Waals surface area (Å²) in [7, 11) is 0. The fourth-order valence-corrected chi connectivity index (χ4v) is 3.14. The highest BCUT2D eigenvalue weighted by molar-refractivity contribution is 5.28. The number of hydrogen-bond acceptors (Lipinski definition) is 1. The Labute approximate surface area is 131 Å². The third kappa shape index (κ3) is 5.14. The highest BCUT2D eigenvalue weighted by atomic mass is 15.0. The van der Waals surface area contributed by atoms with Crippen LogP contribution in [-0.2, 0) is 11.8 Å². The predicted molar refractivity (Wildman–Crippen MR) is 92.9 cm³/mol. The molecule has 1 aliphatic carbocycles. The summed E-state index contributed by atoms with van der Waals surface area (Å²) in [6.07, 6.45) is 6.51. The molecule has 0 aliphatic heterocycles. The minimum atomic E-state index is 0.249. The minimum absolute atomic E-state index is 0.249. The molecule has 1 aromatic rings. The lowest BCUT2D eigenvalue weighted by molar-refractivity contribution is 0.274. The van der Waals surface area contributed by atoms with Gasteiger partial charge in [-0.05, 0) is 47.6 Å². The van der Waals surface area contributed by atoms with Crippen LogP contribution in [-0.4, -0.2) is 12.6 Å². The Morgan fingerprint density at radius 1 is 1.05 bits per heavy atom. The molecular weight excluding hydrogens is 254 g/mol. The first-order valence-corrected chi connectivity index (χ1v) is 8.65. The van der Waals surface area contributed by atoms with E-state index in [4.69, 9.17) is 0 Å². The molecule has 21 heavy (non-hydrogen) atoms. The van der Waals surface area contributed by atoms with E-state index in [2.05, 4.69) is 64.2 Å². The first-order chi connectivity index (χ1) is 9.82. The molecule has 0 spiro atoms. The molecule has 0 aromatic heterocycles. The van der Waals surface area contributed by atoms with Crippen LogP contribution in [0.2, 0.25) is 0 Å². The zero-order chi connectivity index (χ0) is 15.5. The van der Waals surface area contributed by atoms with E-state index in [-0.39, 0.29) is 5.41 Å². The van der Waals surface area contributed by atoms with Crippen molar-refractivity contribution in [2.45, 2.75) is 78.2 Å². The summed E-state index contributed by atoms with van der Waals surface area (Å²) in [6.45, 7) is 12.8. The van der Waals surface area contributed by atoms with Crippen molar-refractivity contribution in [1.82, 2.24) is 5.32 Å². The third-order valence-corrected chi connectivity index (χ3v) is 4.70. The van der Waals surface area contributed by atoms with Gasteiger partial charge in [0.2, 0.25) is 0 Å². The molecule has 2 rings (SSSR count). The van der Waals surface area contributed by atoms with Gasteiger partial charge in [-0.1, -0.05) is 65.3 Å². The molecule has 0 saturated heterocycles. The van der Waals surface area contributed by atoms with E-state index in [1.165, 1.54) is 43.2 Å². The summed E-state index contributed by atoms with van der Waals surface area (Å²) in [6, 6.07) is 10.1. The summed E-state index contributed by atoms with van der Waals surface area (Å²) < 4.78 is 0. The molecule has 0 bridgehead atoms. The van der Waals surface area contributed by atoms with Crippen molar-refractivity contribution in [3.63, 3.8) is 0 Å². The Bertz CT molecular complexity index is 436. The summed E-state index contributed by atoms with van der Waals surface area (Å²) in [5.74, 6) is 0. The lowest BCUT2D eigenvalue weighted by Gasteiger charge is -2.30. The summed E-state index contributed by atoms with van der Waals surface area (Å²) in [5.41, 5.74) is 3.55. The van der Waals surface area contributed by atoms with Gasteiger partial charge in [-0.2, -0.15) is 0 Å². The van der Waals surface area contributed by atoms with Crippen LogP contribution in [0.4, 0.5) is 0 Å². The normalized spacial score (nSPS) is 18.5. The van der Waals surface area contributed by atoms with Crippen molar-refractivity contribution < 1.29 is 0 Å². The molecular formula is C20H33N. The highest BCUT2D eigenvalue weighted by Crippen LogP contribution is 2.30. The van der Waals surface area contributed by atoms with Gasteiger partial charge in [0, 0.05) is 12.6 Å². The molecule has 1 fully saturated rings. The zero-order valence-electron chi connectivity index (χ0n) is 14.6. The van der Waals surface area contributed by atoms with E-state index in [0.29, 0.717) is 5.41 Å². The van der Waals surface area contributed by atoms with Gasteiger partial charge in [0.05, 0.1) is 0 Å². The van der Waals surface area contributed by atoms with Crippen molar-refractivity contribution >= 4 is 0 Å². The second-order valence-electron chi connectivity index (χ2n) is 8.34. The largest absolute Gasteiger partial charge is 0.313 e. The van der Waals surface area contributed by atoms with Crippen LogP contribution in [0, 0.1) is 5.41 Å². The number of hydrogen-bond donors (Lipinski definition) is 1. The molecule has 1 unspecified atom stereocenters. The fraction of sp³-hybridized carbons (Fsp3) is 0.700. The molecule has 0 radical (unpaired) electrons. The van der Waals surface area contributed by atoms with E-state index in [9.17, 15) is 0 Å². The standard InChI is InChI=1S/C20H33N/c1-6-13-20(5,15-21-18-11-12-18)14-16-7-9-17(10-8-16)19(2,3)4/h7-10,18,21H,6,11-15H2,1-5H3. The third-order valence-electron chi connectivity index (χ3n) is 4.70. The van der Waals surface area contributed by atoms with Crippen LogP contribution >= 0.6 is 0 Å². The monoisotopic (exact) mass is 287 g/mol. The summed E-state index contributed by atoms with van der Waals surface area (Å²) in [4.78, 5) is 0. The summed E-state index contributed by atoms with van der Waals surface area (Å²) in [5, 5.41) is 3.74. The van der Waals surface area contributed by atoms with E-state index in [1.807, 2.05) is 0 Å². The van der Waals surface area contributed by atoms with Gasteiger partial charge in [-0.15, -0.1) is 0 Å². The Balaban J connectivity index is 2.01. The van der Waals surface area contributed by atoms with Crippen LogP contribution in [0.15, 0.2) is 24.3 Å². The number of nitrogens with one attached hydrogen (secondary N) is 1. The van der Waals surface area contributed by atoms with Crippen LogP contribution < -0.4 is 5.32 Å². The number of benzene rings is 1. The lowest BCUT2D eigenvalue weighted by Crippen LogP contribution is -2.34. The van der Waals surface area contributed by atoms with Crippen molar-refractivity contribution in [2.24, 2.45) is 5.41 Å². The fourth-order valence-electron chi connectivity index (χ4n) is 3.14. The molecule has 1 aromatic carbocycles. The van der Waals surface area contributed by atoms with Crippen LogP contribution in [0.3, 0.4) is 0 Å². The molecule has 0 heterocycles. The maximum Gasteiger partial charge on any atom is 0.00684 e. The van der Waals surface area contributed by atoms with Crippen molar-refractivity contribution in [1.29, 1.82) is 0 Å². The van der Waals surface area contributed by atoms with Gasteiger partial charge in [-0.25, -0.2) is 0 Å². The van der Waals surface area contributed by atoms with Gasteiger partial charge in [-0.3, -0.25) is 0 Å². The first-order valence-electron chi connectivity index (χ1n) is 8.65. The predicted octanol–water partition coefficient (Wildman–Crippen LogP) is 5.09. The average Bonchev–Trinajstić information content (AvgIpc) is 3.20. The molecule has 1 saturated carbocycles. The second-order valence-corrected chi connectivity index (χ2v) is 8.34. The maximum atomic E-state index is 3.74. The van der Waals surface area contributed by atoms with Crippen LogP contribution in [0.25, 0.3) is 0 Å². The maximum absolute atomic E-state index is 3.74. The average molecular weight is 287 g/mol. The van der Waals surface area contributed by atoms with Crippen LogP contribution in [0.1, 0.15) is 71.4 Å². The van der Waals surface area contributed by atoms with Gasteiger partial charge in [0.15, 0.2) is 0 Å². The highest BCUT2D eigenvalue weighted by Gasteiger charge is 2.28. The molecule has 1 atom stereocenters. The quantitative estimate of drug-likeness (QED) is 0.737. The molecule has 118 valence electrons. The van der Waals surface area contributed by atoms with Crippen molar-refractivity contribution in [2.75, 3.05) is 6.54 Å². The topological polar surface area (TPSA) is 12.0 Å². The number of rotatable bonds is 7. The van der Waals surface area contributed by atoms with Crippen molar-refractivity contribution in [3.8, 4) is 0 Å². The van der Waals surface area contributed by atoms with Gasteiger partial charge < -0.3 is 5.32 Å². The van der Waals surface area contributed by atoms with E-state index < -0.39 is 0 Å². The second kappa shape index (κ2) is 6.52. The minimum Gasteiger partial charge on any atom is -0.313 e. The lowest BCUT2D eigenvalue weighted by atomic mass is 9.78. The first kappa shape index (κ1) is 16.5.